The molecule has 5 heterocycles. The lowest BCUT2D eigenvalue weighted by molar-refractivity contribution is -0.149. The Labute approximate surface area is 299 Å². The number of hydrogen-bond acceptors (Lipinski definition) is 7. The number of aromatic amines is 1. The maximum absolute atomic E-state index is 13.5. The highest BCUT2D eigenvalue weighted by Crippen LogP contribution is 2.56. The lowest BCUT2D eigenvalue weighted by Gasteiger charge is -2.58. The highest BCUT2D eigenvalue weighted by atomic mass is 35.5. The van der Waals surface area contributed by atoms with Crippen molar-refractivity contribution in [2.75, 3.05) is 71.4 Å². The summed E-state index contributed by atoms with van der Waals surface area (Å²) in [5.74, 6) is 1.03. The number of H-pyrrole nitrogens is 1. The van der Waals surface area contributed by atoms with Crippen LogP contribution in [-0.4, -0.2) is 125 Å². The zero-order valence-corrected chi connectivity index (χ0v) is 31.4. The SMILES string of the molecule is C=CC(=O)N1CC2(CC(n3nc(N4CC[C@@H](CN(C)S(=O)(=O)N5CCN(C)CC5)CC4(C)C)c(-c4c(Cl)c(Cl)cc5[nH]ncc45)c3C)C2)C1. The number of likely N-dealkylation sites (tertiary alicyclic amines) is 1. The zero-order valence-electron chi connectivity index (χ0n) is 29.0. The molecule has 1 aliphatic carbocycles. The van der Waals surface area contributed by atoms with Gasteiger partial charge in [-0.15, -0.1) is 0 Å². The maximum Gasteiger partial charge on any atom is 0.281 e. The van der Waals surface area contributed by atoms with Gasteiger partial charge >= 0.3 is 0 Å². The highest BCUT2D eigenvalue weighted by molar-refractivity contribution is 7.86. The van der Waals surface area contributed by atoms with E-state index in [-0.39, 0.29) is 28.8 Å². The van der Waals surface area contributed by atoms with E-state index in [9.17, 15) is 13.2 Å². The smallest absolute Gasteiger partial charge is 0.281 e. The number of piperazine rings is 1. The van der Waals surface area contributed by atoms with Crippen molar-refractivity contribution in [1.29, 1.82) is 0 Å². The number of amides is 1. The molecule has 0 bridgehead atoms. The van der Waals surface area contributed by atoms with Crippen molar-refractivity contribution in [1.82, 2.24) is 38.4 Å². The molecule has 1 aromatic carbocycles. The minimum Gasteiger partial charge on any atom is -0.349 e. The molecule has 0 radical (unpaired) electrons. The first kappa shape index (κ1) is 34.8. The third kappa shape index (κ3) is 5.97. The first-order chi connectivity index (χ1) is 23.1. The van der Waals surface area contributed by atoms with Crippen molar-refractivity contribution in [2.24, 2.45) is 11.3 Å². The molecule has 3 aromatic rings. The second kappa shape index (κ2) is 12.5. The van der Waals surface area contributed by atoms with Crippen LogP contribution in [0.25, 0.3) is 22.0 Å². The Hall–Kier alpha value is -2.68. The van der Waals surface area contributed by atoms with Gasteiger partial charge in [-0.05, 0) is 71.6 Å². The minimum atomic E-state index is -3.53. The molecule has 2 aromatic heterocycles. The van der Waals surface area contributed by atoms with Crippen LogP contribution in [0.15, 0.2) is 24.9 Å². The van der Waals surface area contributed by atoms with Gasteiger partial charge in [-0.1, -0.05) is 29.8 Å². The van der Waals surface area contributed by atoms with Gasteiger partial charge in [-0.3, -0.25) is 14.6 Å². The number of aromatic nitrogens is 4. The van der Waals surface area contributed by atoms with Gasteiger partial charge < -0.3 is 14.7 Å². The average Bonchev–Trinajstić information content (AvgIpc) is 3.60. The molecule has 7 rings (SSSR count). The quantitative estimate of drug-likeness (QED) is 0.331. The topological polar surface area (TPSA) is 114 Å². The number of benzene rings is 1. The van der Waals surface area contributed by atoms with E-state index in [4.69, 9.17) is 28.3 Å². The molecule has 0 unspecified atom stereocenters. The predicted octanol–water partition coefficient (Wildman–Crippen LogP) is 4.81. The van der Waals surface area contributed by atoms with E-state index >= 15 is 0 Å². The van der Waals surface area contributed by atoms with Crippen LogP contribution in [0.5, 0.6) is 0 Å². The third-order valence-corrected chi connectivity index (χ3v) is 14.2. The first-order valence-electron chi connectivity index (χ1n) is 17.1. The van der Waals surface area contributed by atoms with E-state index in [1.54, 1.807) is 27.9 Å². The van der Waals surface area contributed by atoms with Gasteiger partial charge in [0.05, 0.1) is 27.8 Å². The fraction of sp³-hybridized carbons (Fsp3) is 0.618. The van der Waals surface area contributed by atoms with Gasteiger partial charge in [0.15, 0.2) is 5.82 Å². The molecule has 4 fully saturated rings. The predicted molar refractivity (Wildman–Crippen MR) is 194 cm³/mol. The monoisotopic (exact) mass is 731 g/mol. The second-order valence-electron chi connectivity index (χ2n) is 15.4. The van der Waals surface area contributed by atoms with Gasteiger partial charge in [-0.2, -0.15) is 27.2 Å². The zero-order chi connectivity index (χ0) is 35.0. The first-order valence-corrected chi connectivity index (χ1v) is 19.3. The number of rotatable bonds is 8. The van der Waals surface area contributed by atoms with Crippen LogP contribution in [0.4, 0.5) is 5.82 Å². The van der Waals surface area contributed by atoms with Crippen LogP contribution in [0, 0.1) is 18.3 Å². The molecule has 1 spiro atoms. The van der Waals surface area contributed by atoms with Crippen LogP contribution in [0.1, 0.15) is 51.3 Å². The van der Waals surface area contributed by atoms with Crippen molar-refractivity contribution >= 4 is 56.0 Å². The van der Waals surface area contributed by atoms with Crippen LogP contribution < -0.4 is 4.90 Å². The molecule has 4 aliphatic rings. The summed E-state index contributed by atoms with van der Waals surface area (Å²) < 4.78 is 32.3. The fourth-order valence-electron chi connectivity index (χ4n) is 8.79. The van der Waals surface area contributed by atoms with Gasteiger partial charge in [0, 0.05) is 92.6 Å². The molecular weight excluding hydrogens is 685 g/mol. The van der Waals surface area contributed by atoms with E-state index in [0.717, 1.165) is 85.4 Å². The summed E-state index contributed by atoms with van der Waals surface area (Å²) in [5.41, 5.74) is 3.36. The number of fused-ring (bicyclic) bond motifs is 1. The minimum absolute atomic E-state index is 0.0117. The Morgan fingerprint density at radius 3 is 2.47 bits per heavy atom. The summed E-state index contributed by atoms with van der Waals surface area (Å²) in [5, 5.41) is 14.5. The molecule has 266 valence electrons. The average molecular weight is 733 g/mol. The van der Waals surface area contributed by atoms with Crippen molar-refractivity contribution in [3.8, 4) is 11.1 Å². The largest absolute Gasteiger partial charge is 0.349 e. The van der Waals surface area contributed by atoms with Crippen molar-refractivity contribution in [3.05, 3.63) is 40.7 Å². The Kier molecular flexibility index (Phi) is 8.88. The lowest BCUT2D eigenvalue weighted by Crippen LogP contribution is -2.63. The maximum atomic E-state index is 13.5. The molecular formula is C34H47Cl2N9O3S. The van der Waals surface area contributed by atoms with Crippen LogP contribution in [-0.2, 0) is 15.0 Å². The molecule has 3 aliphatic heterocycles. The number of carbonyl (C=O) groups is 1. The number of nitrogens with zero attached hydrogens (tertiary/aromatic N) is 8. The molecule has 1 N–H and O–H groups in total. The van der Waals surface area contributed by atoms with Gasteiger partial charge in [0.25, 0.3) is 10.2 Å². The summed E-state index contributed by atoms with van der Waals surface area (Å²) in [7, 11) is 0.208. The van der Waals surface area contributed by atoms with E-state index in [1.165, 1.54) is 6.08 Å². The number of likely N-dealkylation sites (N-methyl/N-ethyl adjacent to an activating group) is 1. The van der Waals surface area contributed by atoms with Crippen LogP contribution >= 0.6 is 23.2 Å². The van der Waals surface area contributed by atoms with Gasteiger partial charge in [0.1, 0.15) is 0 Å². The fourth-order valence-corrected chi connectivity index (χ4v) is 10.7. The summed E-state index contributed by atoms with van der Waals surface area (Å²) in [6.07, 6.45) is 6.69. The standard InChI is InChI=1S/C34H47Cl2N9O3S/c1-7-28(46)42-20-34(21-42)16-24(17-34)45-22(2)29(30-25-18-37-38-27(25)14-26(35)31(30)36)32(39-45)44-9-8-23(15-33(44,3)4)19-41(6)49(47,48)43-12-10-40(5)11-13-43/h7,14,18,23-24H,1,8-13,15-17,19-21H2,2-6H3,(H,37,38)/t23-/m1/s1. The Bertz CT molecular complexity index is 1890. The van der Waals surface area contributed by atoms with Crippen LogP contribution in [0.2, 0.25) is 10.0 Å². The van der Waals surface area contributed by atoms with Crippen molar-refractivity contribution < 1.29 is 13.2 Å². The number of anilines is 1. The third-order valence-electron chi connectivity index (χ3n) is 11.5. The van der Waals surface area contributed by atoms with E-state index in [2.05, 4.69) is 52.0 Å². The molecule has 49 heavy (non-hydrogen) atoms. The normalized spacial score (nSPS) is 23.3. The number of nitrogens with one attached hydrogen (secondary N) is 1. The van der Waals surface area contributed by atoms with Crippen LogP contribution in [0.3, 0.4) is 0 Å². The Morgan fingerprint density at radius 1 is 1.12 bits per heavy atom. The number of piperidine rings is 1. The van der Waals surface area contributed by atoms with E-state index < -0.39 is 10.2 Å². The molecule has 3 saturated heterocycles. The summed E-state index contributed by atoms with van der Waals surface area (Å²) >= 11 is 13.8. The summed E-state index contributed by atoms with van der Waals surface area (Å²) in [6, 6.07) is 2.00. The van der Waals surface area contributed by atoms with Crippen molar-refractivity contribution in [2.45, 2.75) is 58.0 Å². The lowest BCUT2D eigenvalue weighted by atomic mass is 9.60. The van der Waals surface area contributed by atoms with E-state index in [1.807, 2.05) is 11.9 Å². The number of hydrogen-bond donors (Lipinski definition) is 1. The molecule has 12 nitrogen and oxygen atoms in total. The molecule has 15 heteroatoms. The molecule has 1 saturated carbocycles. The van der Waals surface area contributed by atoms with E-state index in [0.29, 0.717) is 36.2 Å². The second-order valence-corrected chi connectivity index (χ2v) is 18.2. The summed E-state index contributed by atoms with van der Waals surface area (Å²) in [4.78, 5) is 18.5. The number of halogens is 2. The highest BCUT2D eigenvalue weighted by Gasteiger charge is 2.55. The number of carbonyl (C=O) groups excluding carboxylic acids is 1. The molecule has 1 amide bonds. The van der Waals surface area contributed by atoms with Crippen molar-refractivity contribution in [3.63, 3.8) is 0 Å². The molecule has 1 atom stereocenters. The van der Waals surface area contributed by atoms with Gasteiger partial charge in [-0.25, -0.2) is 0 Å². The summed E-state index contributed by atoms with van der Waals surface area (Å²) in [6.45, 7) is 15.4. The Balaban J connectivity index is 1.18. The Morgan fingerprint density at radius 2 is 1.82 bits per heavy atom. The van der Waals surface area contributed by atoms with Gasteiger partial charge in [0.2, 0.25) is 5.91 Å².